The van der Waals surface area contributed by atoms with E-state index in [4.69, 9.17) is 4.52 Å². The molecule has 0 radical (unpaired) electrons. The molecule has 1 heterocycles. The summed E-state index contributed by atoms with van der Waals surface area (Å²) in [5.41, 5.74) is 2.44. The molecule has 4 aliphatic rings. The van der Waals surface area contributed by atoms with Gasteiger partial charge in [-0.15, -0.1) is 0 Å². The van der Waals surface area contributed by atoms with Crippen LogP contribution in [0.3, 0.4) is 0 Å². The van der Waals surface area contributed by atoms with E-state index in [1.165, 1.54) is 38.5 Å². The molecule has 4 saturated carbocycles. The van der Waals surface area contributed by atoms with Crippen LogP contribution in [0.4, 0.5) is 0 Å². The molecule has 4 nitrogen and oxygen atoms in total. The smallest absolute Gasteiger partial charge is 0.257 e. The Morgan fingerprint density at radius 3 is 2.30 bits per heavy atom. The summed E-state index contributed by atoms with van der Waals surface area (Å²) in [5.74, 6) is 3.19. The zero-order valence-electron chi connectivity index (χ0n) is 16.2. The largest absolute Gasteiger partial charge is 0.360 e. The highest BCUT2D eigenvalue weighted by Gasteiger charge is 2.53. The number of hydrogen-bond donors (Lipinski definition) is 1. The van der Waals surface area contributed by atoms with Gasteiger partial charge in [0.25, 0.3) is 5.91 Å². The molecule has 0 spiro atoms. The second kappa shape index (κ2) is 6.22. The molecule has 6 rings (SSSR count). The van der Waals surface area contributed by atoms with Gasteiger partial charge in [-0.3, -0.25) is 4.79 Å². The number of aromatic nitrogens is 1. The lowest BCUT2D eigenvalue weighted by Crippen LogP contribution is -2.55. The summed E-state index contributed by atoms with van der Waals surface area (Å²) < 4.78 is 5.39. The third-order valence-corrected chi connectivity index (χ3v) is 7.49. The van der Waals surface area contributed by atoms with Gasteiger partial charge in [-0.2, -0.15) is 0 Å². The van der Waals surface area contributed by atoms with Gasteiger partial charge >= 0.3 is 0 Å². The first-order valence-electron chi connectivity index (χ1n) is 10.4. The average molecular weight is 364 g/mol. The lowest BCUT2D eigenvalue weighted by Gasteiger charge is -2.59. The highest BCUT2D eigenvalue weighted by Crippen LogP contribution is 2.61. The quantitative estimate of drug-likeness (QED) is 0.832. The van der Waals surface area contributed by atoms with Gasteiger partial charge in [-0.05, 0) is 75.5 Å². The minimum absolute atomic E-state index is 0.0455. The number of aryl methyl sites for hydroxylation is 1. The van der Waals surface area contributed by atoms with E-state index in [0.717, 1.165) is 23.3 Å². The summed E-state index contributed by atoms with van der Waals surface area (Å²) in [6, 6.07) is 10.0. The van der Waals surface area contributed by atoms with Crippen LogP contribution >= 0.6 is 0 Å². The maximum Gasteiger partial charge on any atom is 0.257 e. The Bertz CT molecular complexity index is 819. The number of benzene rings is 1. The van der Waals surface area contributed by atoms with Crippen LogP contribution in [-0.4, -0.2) is 17.1 Å². The van der Waals surface area contributed by atoms with Crippen LogP contribution < -0.4 is 5.32 Å². The Morgan fingerprint density at radius 1 is 1.11 bits per heavy atom. The van der Waals surface area contributed by atoms with Crippen molar-refractivity contribution < 1.29 is 9.32 Å². The van der Waals surface area contributed by atoms with Gasteiger partial charge < -0.3 is 9.84 Å². The Balaban J connectivity index is 1.39. The van der Waals surface area contributed by atoms with Crippen molar-refractivity contribution in [3.63, 3.8) is 0 Å². The fourth-order valence-corrected chi connectivity index (χ4v) is 6.56. The zero-order chi connectivity index (χ0) is 18.6. The molecule has 4 aliphatic carbocycles. The molecule has 4 bridgehead atoms. The molecular formula is C23H28N2O2. The topological polar surface area (TPSA) is 55.1 Å². The number of carbonyl (C=O) groups excluding carboxylic acids is 1. The number of carbonyl (C=O) groups is 1. The van der Waals surface area contributed by atoms with Crippen molar-refractivity contribution in [2.75, 3.05) is 0 Å². The Labute approximate surface area is 160 Å². The standard InChI is InChI=1S/C23H28N2O2/c1-14-20(21(25-27-14)19-6-4-3-5-7-19)22(26)24-15(2)23-11-16-8-17(12-23)10-18(9-16)13-23/h3-7,15-18H,8-13H2,1-2H3,(H,24,26)/t15-,16?,17?,18?,23?/m0/s1. The zero-order valence-corrected chi connectivity index (χ0v) is 16.2. The lowest BCUT2D eigenvalue weighted by atomic mass is 9.48. The van der Waals surface area contributed by atoms with Crippen molar-refractivity contribution in [2.24, 2.45) is 23.2 Å². The molecular weight excluding hydrogens is 336 g/mol. The summed E-state index contributed by atoms with van der Waals surface area (Å²) in [4.78, 5) is 13.2. The Hall–Kier alpha value is -2.10. The molecule has 4 fully saturated rings. The van der Waals surface area contributed by atoms with E-state index in [9.17, 15) is 4.79 Å². The van der Waals surface area contributed by atoms with E-state index in [-0.39, 0.29) is 11.9 Å². The molecule has 1 aromatic carbocycles. The van der Waals surface area contributed by atoms with E-state index in [1.807, 2.05) is 37.3 Å². The first-order chi connectivity index (χ1) is 13.0. The highest BCUT2D eigenvalue weighted by molar-refractivity contribution is 6.00. The third-order valence-electron chi connectivity index (χ3n) is 7.49. The lowest BCUT2D eigenvalue weighted by molar-refractivity contribution is -0.0688. The van der Waals surface area contributed by atoms with E-state index in [0.29, 0.717) is 22.4 Å². The molecule has 0 saturated heterocycles. The van der Waals surface area contributed by atoms with Gasteiger partial charge in [0.2, 0.25) is 0 Å². The SMILES string of the molecule is Cc1onc(-c2ccccc2)c1C(=O)N[C@@H](C)C12CC3CC(CC(C3)C1)C2. The second-order valence-corrected chi connectivity index (χ2v) is 9.30. The second-order valence-electron chi connectivity index (χ2n) is 9.30. The average Bonchev–Trinajstić information content (AvgIpc) is 3.03. The van der Waals surface area contributed by atoms with Gasteiger partial charge in [0, 0.05) is 11.6 Å². The van der Waals surface area contributed by atoms with Crippen molar-refractivity contribution in [1.29, 1.82) is 0 Å². The fraction of sp³-hybridized carbons (Fsp3) is 0.565. The van der Waals surface area contributed by atoms with Crippen molar-refractivity contribution in [1.82, 2.24) is 10.5 Å². The summed E-state index contributed by atoms with van der Waals surface area (Å²) in [5, 5.41) is 7.52. The van der Waals surface area contributed by atoms with Crippen LogP contribution in [0, 0.1) is 30.1 Å². The normalized spacial score (nSPS) is 32.4. The van der Waals surface area contributed by atoms with Gasteiger partial charge in [0.05, 0.1) is 0 Å². The molecule has 2 aromatic rings. The Morgan fingerprint density at radius 2 is 1.70 bits per heavy atom. The van der Waals surface area contributed by atoms with Crippen LogP contribution in [0.2, 0.25) is 0 Å². The van der Waals surface area contributed by atoms with Crippen molar-refractivity contribution in [3.05, 3.63) is 41.7 Å². The number of hydrogen-bond acceptors (Lipinski definition) is 3. The number of nitrogens with zero attached hydrogens (tertiary/aromatic N) is 1. The summed E-state index contributed by atoms with van der Waals surface area (Å²) >= 11 is 0. The minimum atomic E-state index is -0.0455. The van der Waals surface area contributed by atoms with Gasteiger partial charge in [0.1, 0.15) is 17.0 Å². The minimum Gasteiger partial charge on any atom is -0.360 e. The third kappa shape index (κ3) is 2.81. The first-order valence-corrected chi connectivity index (χ1v) is 10.4. The molecule has 1 amide bonds. The number of amides is 1. The van der Waals surface area contributed by atoms with Crippen LogP contribution in [0.25, 0.3) is 11.3 Å². The van der Waals surface area contributed by atoms with Crippen LogP contribution in [0.5, 0.6) is 0 Å². The molecule has 1 aromatic heterocycles. The van der Waals surface area contributed by atoms with Crippen molar-refractivity contribution >= 4 is 5.91 Å². The predicted octanol–water partition coefficient (Wildman–Crippen LogP) is 4.98. The Kier molecular flexibility index (Phi) is 3.92. The highest BCUT2D eigenvalue weighted by atomic mass is 16.5. The van der Waals surface area contributed by atoms with Gasteiger partial charge in [-0.1, -0.05) is 35.5 Å². The molecule has 4 heteroatoms. The number of rotatable bonds is 4. The molecule has 0 aliphatic heterocycles. The molecule has 142 valence electrons. The van der Waals surface area contributed by atoms with Crippen molar-refractivity contribution in [3.8, 4) is 11.3 Å². The fourth-order valence-electron chi connectivity index (χ4n) is 6.56. The summed E-state index contributed by atoms with van der Waals surface area (Å²) in [6.07, 6.45) is 8.12. The number of nitrogens with one attached hydrogen (secondary N) is 1. The summed E-state index contributed by atoms with van der Waals surface area (Å²) in [6.45, 7) is 4.04. The molecule has 27 heavy (non-hydrogen) atoms. The van der Waals surface area contributed by atoms with E-state index < -0.39 is 0 Å². The van der Waals surface area contributed by atoms with E-state index in [1.54, 1.807) is 0 Å². The first kappa shape index (κ1) is 17.0. The summed E-state index contributed by atoms with van der Waals surface area (Å²) in [7, 11) is 0. The van der Waals surface area contributed by atoms with Crippen LogP contribution in [0.15, 0.2) is 34.9 Å². The van der Waals surface area contributed by atoms with Gasteiger partial charge in [-0.25, -0.2) is 0 Å². The monoisotopic (exact) mass is 364 g/mol. The maximum atomic E-state index is 13.2. The predicted molar refractivity (Wildman–Crippen MR) is 104 cm³/mol. The van der Waals surface area contributed by atoms with Gasteiger partial charge in [0.15, 0.2) is 0 Å². The van der Waals surface area contributed by atoms with Crippen LogP contribution in [-0.2, 0) is 0 Å². The van der Waals surface area contributed by atoms with Crippen molar-refractivity contribution in [2.45, 2.75) is 58.4 Å². The molecule has 1 atom stereocenters. The molecule has 1 N–H and O–H groups in total. The van der Waals surface area contributed by atoms with E-state index >= 15 is 0 Å². The van der Waals surface area contributed by atoms with E-state index in [2.05, 4.69) is 17.4 Å². The van der Waals surface area contributed by atoms with Crippen LogP contribution in [0.1, 0.15) is 61.6 Å². The molecule has 0 unspecified atom stereocenters. The maximum absolute atomic E-state index is 13.2.